The van der Waals surface area contributed by atoms with Crippen LogP contribution in [0.4, 0.5) is 11.4 Å². The zero-order valence-electron chi connectivity index (χ0n) is 36.3. The normalized spacial score (nSPS) is 14.1. The molecular weight excluding hydrogens is 793 g/mol. The third-order valence-electron chi connectivity index (χ3n) is 13.2. The van der Waals surface area contributed by atoms with Crippen molar-refractivity contribution in [3.05, 3.63) is 264 Å². The lowest BCUT2D eigenvalue weighted by atomic mass is 9.67. The second-order valence-corrected chi connectivity index (χ2v) is 17.9. The van der Waals surface area contributed by atoms with Crippen LogP contribution < -0.4 is 4.90 Å². The van der Waals surface area contributed by atoms with Crippen LogP contribution in [0.3, 0.4) is 0 Å². The van der Waals surface area contributed by atoms with Crippen molar-refractivity contribution in [3.8, 4) is 22.3 Å². The monoisotopic (exact) mass is 842 g/mol. The van der Waals surface area contributed by atoms with E-state index >= 15 is 0 Å². The van der Waals surface area contributed by atoms with Crippen LogP contribution in [0.1, 0.15) is 62.7 Å². The molecule has 10 rings (SSSR count). The molecule has 1 unspecified atom stereocenters. The van der Waals surface area contributed by atoms with E-state index in [2.05, 4.69) is 189 Å². The largest absolute Gasteiger partial charge is 0.310 e. The third kappa shape index (κ3) is 6.67. The quantitative estimate of drug-likeness (QED) is 0.108. The number of hydrogen-bond donors (Lipinski definition) is 0. The summed E-state index contributed by atoms with van der Waals surface area (Å²) < 4.78 is 1.38. The van der Waals surface area contributed by atoms with Crippen molar-refractivity contribution < 1.29 is 0 Å². The highest BCUT2D eigenvalue weighted by molar-refractivity contribution is 7.19. The fraction of sp³-hybridized carbons (Fsp3) is 0.0984. The molecule has 2 aliphatic carbocycles. The van der Waals surface area contributed by atoms with Crippen LogP contribution >= 0.6 is 11.3 Å². The summed E-state index contributed by atoms with van der Waals surface area (Å²) in [5, 5.41) is 1.39. The Labute approximate surface area is 381 Å². The summed E-state index contributed by atoms with van der Waals surface area (Å²) in [5.41, 5.74) is 17.8. The van der Waals surface area contributed by atoms with Gasteiger partial charge in [0.05, 0.1) is 11.1 Å². The number of pyridine rings is 1. The van der Waals surface area contributed by atoms with Crippen molar-refractivity contribution in [1.29, 1.82) is 0 Å². The molecule has 0 radical (unpaired) electrons. The molecule has 0 amide bonds. The molecule has 0 spiro atoms. The van der Waals surface area contributed by atoms with Gasteiger partial charge in [-0.15, -0.1) is 11.3 Å². The molecule has 6 aromatic carbocycles. The van der Waals surface area contributed by atoms with Gasteiger partial charge in [-0.3, -0.25) is 4.98 Å². The number of benzene rings is 6. The van der Waals surface area contributed by atoms with E-state index < -0.39 is 5.41 Å². The minimum Gasteiger partial charge on any atom is -0.310 e. The Morgan fingerprint density at radius 1 is 0.734 bits per heavy atom. The van der Waals surface area contributed by atoms with Gasteiger partial charge in [0, 0.05) is 49.9 Å². The van der Waals surface area contributed by atoms with E-state index in [-0.39, 0.29) is 0 Å². The molecule has 8 aromatic rings. The lowest BCUT2D eigenvalue weighted by Crippen LogP contribution is -2.29. The average molecular weight is 843 g/mol. The van der Waals surface area contributed by atoms with Crippen molar-refractivity contribution in [2.45, 2.75) is 31.6 Å². The average Bonchev–Trinajstić information content (AvgIpc) is 3.88. The van der Waals surface area contributed by atoms with Gasteiger partial charge >= 0.3 is 0 Å². The van der Waals surface area contributed by atoms with Crippen LogP contribution in [0.25, 0.3) is 50.1 Å². The SMILES string of the molecule is C=C/C=C(\C=C)N(c1cccc(-c2cccnc2)c1)c1cc2c(c(C=C)c1C=C)-c1ccc(CC(C)C3=CCCc4sc5ccccc5c43)cc1C2(c1ccccc1)c1ccccc1. The summed E-state index contributed by atoms with van der Waals surface area (Å²) in [6, 6.07) is 53.4. The zero-order valence-corrected chi connectivity index (χ0v) is 37.1. The van der Waals surface area contributed by atoms with Crippen molar-refractivity contribution in [3.63, 3.8) is 0 Å². The van der Waals surface area contributed by atoms with Gasteiger partial charge in [0.25, 0.3) is 0 Å². The summed E-state index contributed by atoms with van der Waals surface area (Å²) in [6.07, 6.45) is 19.1. The molecule has 0 saturated carbocycles. The molecule has 0 aliphatic heterocycles. The number of aromatic nitrogens is 1. The number of allylic oxidation sites excluding steroid dienone is 5. The summed E-state index contributed by atoms with van der Waals surface area (Å²) >= 11 is 1.97. The van der Waals surface area contributed by atoms with E-state index in [4.69, 9.17) is 0 Å². The Bertz CT molecular complexity index is 3130. The van der Waals surface area contributed by atoms with Crippen molar-refractivity contribution in [2.75, 3.05) is 4.90 Å². The first kappa shape index (κ1) is 40.7. The molecule has 2 aromatic heterocycles. The maximum Gasteiger partial charge on any atom is 0.0714 e. The molecular formula is C61H50N2S. The number of rotatable bonds is 13. The summed E-state index contributed by atoms with van der Waals surface area (Å²) in [7, 11) is 0. The maximum absolute atomic E-state index is 4.53. The van der Waals surface area contributed by atoms with Gasteiger partial charge in [-0.05, 0) is 129 Å². The fourth-order valence-electron chi connectivity index (χ4n) is 10.6. The first-order chi connectivity index (χ1) is 31.5. The minimum atomic E-state index is -0.667. The van der Waals surface area contributed by atoms with Gasteiger partial charge < -0.3 is 4.90 Å². The first-order valence-corrected chi connectivity index (χ1v) is 23.0. The standard InChI is InChI=1S/C61H50N2S/c1-6-21-47(7-2)63(48-28-18-22-43(38-48)44-23-20-35-62-40-44)56-39-55-59(50(9-4)49(56)8-3)52-34-33-42(36-41(5)51-30-19-32-58-60(51)53-29-16-17-31-57(53)64-58)37-54(52)61(55,45-24-12-10-13-25-45)46-26-14-11-15-27-46/h6-18,20-31,33-35,37-41H,1-4,19,32,36H2,5H3/b47-21+. The Morgan fingerprint density at radius 2 is 1.47 bits per heavy atom. The Balaban J connectivity index is 1.22. The lowest BCUT2D eigenvalue weighted by Gasteiger charge is -2.36. The second kappa shape index (κ2) is 17.1. The highest BCUT2D eigenvalue weighted by Crippen LogP contribution is 2.60. The van der Waals surface area contributed by atoms with Gasteiger partial charge in [0.15, 0.2) is 0 Å². The third-order valence-corrected chi connectivity index (χ3v) is 14.5. The number of nitrogens with zero attached hydrogens (tertiary/aromatic N) is 2. The molecule has 64 heavy (non-hydrogen) atoms. The molecule has 2 aliphatic rings. The topological polar surface area (TPSA) is 16.1 Å². The molecule has 0 fully saturated rings. The molecule has 2 heterocycles. The molecule has 0 saturated heterocycles. The van der Waals surface area contributed by atoms with Crippen LogP contribution in [0.5, 0.6) is 0 Å². The van der Waals surface area contributed by atoms with E-state index in [9.17, 15) is 0 Å². The van der Waals surface area contributed by atoms with Gasteiger partial charge in [0.2, 0.25) is 0 Å². The van der Waals surface area contributed by atoms with Crippen LogP contribution in [0, 0.1) is 5.92 Å². The fourth-order valence-corrected chi connectivity index (χ4v) is 11.8. The van der Waals surface area contributed by atoms with Crippen LogP contribution in [-0.4, -0.2) is 4.98 Å². The molecule has 0 bridgehead atoms. The van der Waals surface area contributed by atoms with E-state index in [0.29, 0.717) is 5.92 Å². The van der Waals surface area contributed by atoms with E-state index in [0.717, 1.165) is 58.6 Å². The summed E-state index contributed by atoms with van der Waals surface area (Å²) in [6.45, 7) is 19.9. The van der Waals surface area contributed by atoms with Crippen LogP contribution in [-0.2, 0) is 18.3 Å². The summed E-state index contributed by atoms with van der Waals surface area (Å²) in [4.78, 5) is 8.25. The van der Waals surface area contributed by atoms with E-state index in [1.165, 1.54) is 65.0 Å². The van der Waals surface area contributed by atoms with Gasteiger partial charge in [0.1, 0.15) is 0 Å². The van der Waals surface area contributed by atoms with E-state index in [1.54, 1.807) is 0 Å². The van der Waals surface area contributed by atoms with Crippen molar-refractivity contribution in [2.24, 2.45) is 5.92 Å². The molecule has 0 N–H and O–H groups in total. The summed E-state index contributed by atoms with van der Waals surface area (Å²) in [5.74, 6) is 0.328. The van der Waals surface area contributed by atoms with Gasteiger partial charge in [-0.2, -0.15) is 0 Å². The highest BCUT2D eigenvalue weighted by atomic mass is 32.1. The van der Waals surface area contributed by atoms with Crippen LogP contribution in [0.2, 0.25) is 0 Å². The number of fused-ring (bicyclic) bond motifs is 6. The lowest BCUT2D eigenvalue weighted by molar-refractivity contribution is 0.727. The van der Waals surface area contributed by atoms with Gasteiger partial charge in [-0.1, -0.05) is 173 Å². The Hall–Kier alpha value is -7.33. The zero-order chi connectivity index (χ0) is 43.8. The number of aryl methyl sites for hydroxylation is 1. The van der Waals surface area contributed by atoms with Crippen LogP contribution in [0.15, 0.2) is 214 Å². The highest BCUT2D eigenvalue weighted by Gasteiger charge is 2.48. The van der Waals surface area contributed by atoms with Crippen molar-refractivity contribution in [1.82, 2.24) is 4.98 Å². The van der Waals surface area contributed by atoms with Gasteiger partial charge in [-0.25, -0.2) is 0 Å². The molecule has 310 valence electrons. The number of anilines is 2. The Morgan fingerprint density at radius 3 is 2.17 bits per heavy atom. The predicted molar refractivity (Wildman–Crippen MR) is 275 cm³/mol. The predicted octanol–water partition coefficient (Wildman–Crippen LogP) is 16.2. The minimum absolute atomic E-state index is 0.328. The van der Waals surface area contributed by atoms with Crippen molar-refractivity contribution >= 4 is 50.5 Å². The maximum atomic E-state index is 4.53. The molecule has 2 nitrogen and oxygen atoms in total. The molecule has 1 atom stereocenters. The molecule has 3 heteroatoms. The smallest absolute Gasteiger partial charge is 0.0714 e. The number of thiophene rings is 1. The van der Waals surface area contributed by atoms with E-state index in [1.807, 2.05) is 60.2 Å². The first-order valence-electron chi connectivity index (χ1n) is 22.2. The number of hydrogen-bond acceptors (Lipinski definition) is 3. The Kier molecular flexibility index (Phi) is 10.9. The second-order valence-electron chi connectivity index (χ2n) is 16.8.